The Morgan fingerprint density at radius 2 is 1.65 bits per heavy atom. The minimum absolute atomic E-state index is 0.0559. The lowest BCUT2D eigenvalue weighted by atomic mass is 10.2. The fourth-order valence-electron chi connectivity index (χ4n) is 2.41. The van der Waals surface area contributed by atoms with Crippen molar-refractivity contribution in [3.05, 3.63) is 42.5 Å². The van der Waals surface area contributed by atoms with E-state index in [0.29, 0.717) is 41.8 Å². The number of carbonyl (C=O) groups excluding carboxylic acids is 2. The van der Waals surface area contributed by atoms with E-state index < -0.39 is 11.8 Å². The summed E-state index contributed by atoms with van der Waals surface area (Å²) in [7, 11) is 0. The summed E-state index contributed by atoms with van der Waals surface area (Å²) in [4.78, 5) is 24.4. The Balaban J connectivity index is 1.66. The minimum atomic E-state index is -0.792. The topological polar surface area (TPSA) is 85.9 Å². The molecule has 7 nitrogen and oxygen atoms in total. The zero-order valence-corrected chi connectivity index (χ0v) is 14.6. The average Bonchev–Trinajstić information content (AvgIpc) is 2.62. The molecule has 2 N–H and O–H groups in total. The number of carbonyl (C=O) groups is 2. The number of anilines is 2. The number of hydrogen-bond acceptors (Lipinski definition) is 5. The molecule has 2 aromatic rings. The molecule has 1 heterocycles. The van der Waals surface area contributed by atoms with Crippen LogP contribution in [0.15, 0.2) is 42.5 Å². The first-order valence-electron chi connectivity index (χ1n) is 8.30. The van der Waals surface area contributed by atoms with Crippen molar-refractivity contribution in [2.75, 3.05) is 23.8 Å². The van der Waals surface area contributed by atoms with E-state index in [2.05, 4.69) is 10.6 Å². The van der Waals surface area contributed by atoms with Crippen LogP contribution in [0.2, 0.25) is 0 Å². The maximum Gasteiger partial charge on any atom is 0.314 e. The van der Waals surface area contributed by atoms with Crippen molar-refractivity contribution in [1.82, 2.24) is 0 Å². The molecule has 0 radical (unpaired) electrons. The van der Waals surface area contributed by atoms with Gasteiger partial charge in [-0.15, -0.1) is 0 Å². The molecular formula is C19H20N2O5. The van der Waals surface area contributed by atoms with Crippen LogP contribution in [0.4, 0.5) is 11.4 Å². The summed E-state index contributed by atoms with van der Waals surface area (Å²) in [5, 5.41) is 5.11. The van der Waals surface area contributed by atoms with Crippen molar-refractivity contribution in [2.45, 2.75) is 20.0 Å². The summed E-state index contributed by atoms with van der Waals surface area (Å²) in [6.07, 6.45) is -0.0559. The smallest absolute Gasteiger partial charge is 0.314 e. The molecule has 0 saturated heterocycles. The van der Waals surface area contributed by atoms with E-state index in [9.17, 15) is 9.59 Å². The summed E-state index contributed by atoms with van der Waals surface area (Å²) < 4.78 is 16.5. The normalized spacial score (nSPS) is 12.4. The molecule has 3 rings (SSSR count). The highest BCUT2D eigenvalue weighted by atomic mass is 16.6. The molecule has 0 atom stereocenters. The highest BCUT2D eigenvalue weighted by Crippen LogP contribution is 2.32. The summed E-state index contributed by atoms with van der Waals surface area (Å²) in [6.45, 7) is 4.69. The Labute approximate surface area is 151 Å². The zero-order chi connectivity index (χ0) is 18.5. The van der Waals surface area contributed by atoms with Crippen LogP contribution < -0.4 is 24.8 Å². The molecular weight excluding hydrogens is 336 g/mol. The second-order valence-electron chi connectivity index (χ2n) is 5.93. The van der Waals surface area contributed by atoms with E-state index in [1.807, 2.05) is 13.8 Å². The van der Waals surface area contributed by atoms with Gasteiger partial charge in [-0.25, -0.2) is 0 Å². The van der Waals surface area contributed by atoms with E-state index in [4.69, 9.17) is 14.2 Å². The molecule has 0 aliphatic carbocycles. The van der Waals surface area contributed by atoms with Crippen molar-refractivity contribution >= 4 is 23.2 Å². The fraction of sp³-hybridized carbons (Fsp3) is 0.263. The van der Waals surface area contributed by atoms with Gasteiger partial charge in [0.1, 0.15) is 19.0 Å². The lowest BCUT2D eigenvalue weighted by Gasteiger charge is -2.19. The fourth-order valence-corrected chi connectivity index (χ4v) is 2.41. The van der Waals surface area contributed by atoms with E-state index in [0.717, 1.165) is 0 Å². The van der Waals surface area contributed by atoms with Crippen molar-refractivity contribution in [2.24, 2.45) is 0 Å². The van der Waals surface area contributed by atoms with Gasteiger partial charge in [0, 0.05) is 11.8 Å². The van der Waals surface area contributed by atoms with E-state index in [-0.39, 0.29) is 6.10 Å². The number of rotatable bonds is 4. The molecule has 1 aliphatic heterocycles. The van der Waals surface area contributed by atoms with Gasteiger partial charge < -0.3 is 24.8 Å². The van der Waals surface area contributed by atoms with E-state index in [1.54, 1.807) is 42.5 Å². The molecule has 2 aromatic carbocycles. The molecule has 7 heteroatoms. The number of benzene rings is 2. The largest absolute Gasteiger partial charge is 0.489 e. The monoisotopic (exact) mass is 356 g/mol. The van der Waals surface area contributed by atoms with Gasteiger partial charge in [-0.1, -0.05) is 12.1 Å². The number of fused-ring (bicyclic) bond motifs is 1. The third kappa shape index (κ3) is 4.24. The quantitative estimate of drug-likeness (QED) is 0.823. The summed E-state index contributed by atoms with van der Waals surface area (Å²) in [5.74, 6) is 0.0623. The average molecular weight is 356 g/mol. The van der Waals surface area contributed by atoms with Crippen LogP contribution in [0.25, 0.3) is 0 Å². The highest BCUT2D eigenvalue weighted by molar-refractivity contribution is 6.43. The molecule has 0 aromatic heterocycles. The van der Waals surface area contributed by atoms with Crippen LogP contribution in [0, 0.1) is 0 Å². The van der Waals surface area contributed by atoms with Gasteiger partial charge >= 0.3 is 11.8 Å². The van der Waals surface area contributed by atoms with E-state index in [1.165, 1.54) is 0 Å². The second kappa shape index (κ2) is 7.77. The van der Waals surface area contributed by atoms with E-state index >= 15 is 0 Å². The van der Waals surface area contributed by atoms with Gasteiger partial charge in [0.25, 0.3) is 0 Å². The van der Waals surface area contributed by atoms with Gasteiger partial charge in [0.05, 0.1) is 11.8 Å². The first-order valence-corrected chi connectivity index (χ1v) is 8.30. The third-order valence-electron chi connectivity index (χ3n) is 3.50. The summed E-state index contributed by atoms with van der Waals surface area (Å²) >= 11 is 0. The van der Waals surface area contributed by atoms with Crippen molar-refractivity contribution < 1.29 is 23.8 Å². The number of para-hydroxylation sites is 2. The minimum Gasteiger partial charge on any atom is -0.489 e. The predicted octanol–water partition coefficient (Wildman–Crippen LogP) is 2.82. The van der Waals surface area contributed by atoms with Crippen molar-refractivity contribution in [3.8, 4) is 17.2 Å². The maximum absolute atomic E-state index is 12.2. The van der Waals surface area contributed by atoms with Crippen LogP contribution in [0.1, 0.15) is 13.8 Å². The number of nitrogens with one attached hydrogen (secondary N) is 2. The van der Waals surface area contributed by atoms with Gasteiger partial charge in [0.2, 0.25) is 0 Å². The Kier molecular flexibility index (Phi) is 5.26. The second-order valence-corrected chi connectivity index (χ2v) is 5.93. The first kappa shape index (κ1) is 17.6. The zero-order valence-electron chi connectivity index (χ0n) is 14.6. The maximum atomic E-state index is 12.2. The van der Waals surface area contributed by atoms with Crippen LogP contribution in [-0.2, 0) is 9.59 Å². The van der Waals surface area contributed by atoms with Gasteiger partial charge in [-0.3, -0.25) is 9.59 Å². The van der Waals surface area contributed by atoms with Crippen LogP contribution in [-0.4, -0.2) is 31.1 Å². The van der Waals surface area contributed by atoms with Gasteiger partial charge in [0.15, 0.2) is 11.5 Å². The molecule has 0 saturated carbocycles. The first-order chi connectivity index (χ1) is 12.5. The number of amides is 2. The summed E-state index contributed by atoms with van der Waals surface area (Å²) in [6, 6.07) is 11.9. The Morgan fingerprint density at radius 3 is 2.42 bits per heavy atom. The molecule has 2 amide bonds. The molecule has 26 heavy (non-hydrogen) atoms. The Morgan fingerprint density at radius 1 is 0.962 bits per heavy atom. The summed E-state index contributed by atoms with van der Waals surface area (Å²) in [5.41, 5.74) is 0.879. The SMILES string of the molecule is CC(C)Oc1ccccc1NC(=O)C(=O)Nc1ccc2c(c1)OCCO2. The van der Waals surface area contributed by atoms with Crippen molar-refractivity contribution in [3.63, 3.8) is 0 Å². The third-order valence-corrected chi connectivity index (χ3v) is 3.50. The molecule has 0 fully saturated rings. The van der Waals surface area contributed by atoms with Gasteiger partial charge in [-0.2, -0.15) is 0 Å². The van der Waals surface area contributed by atoms with Crippen LogP contribution >= 0.6 is 0 Å². The van der Waals surface area contributed by atoms with Crippen LogP contribution in [0.3, 0.4) is 0 Å². The van der Waals surface area contributed by atoms with Crippen LogP contribution in [0.5, 0.6) is 17.2 Å². The standard InChI is InChI=1S/C19H20N2O5/c1-12(2)26-15-6-4-3-5-14(15)21-19(23)18(22)20-13-7-8-16-17(11-13)25-10-9-24-16/h3-8,11-12H,9-10H2,1-2H3,(H,20,22)(H,21,23). The van der Waals surface area contributed by atoms with Crippen molar-refractivity contribution in [1.29, 1.82) is 0 Å². The molecule has 0 bridgehead atoms. The lowest BCUT2D eigenvalue weighted by Crippen LogP contribution is -2.29. The molecule has 0 spiro atoms. The van der Waals surface area contributed by atoms with Gasteiger partial charge in [-0.05, 0) is 38.1 Å². The number of hydrogen-bond donors (Lipinski definition) is 2. The molecule has 136 valence electrons. The highest BCUT2D eigenvalue weighted by Gasteiger charge is 2.18. The Hall–Kier alpha value is -3.22. The predicted molar refractivity (Wildman–Crippen MR) is 96.9 cm³/mol. The molecule has 0 unspecified atom stereocenters. The Bertz CT molecular complexity index is 819. The molecule has 1 aliphatic rings. The number of ether oxygens (including phenoxy) is 3. The lowest BCUT2D eigenvalue weighted by molar-refractivity contribution is -0.133.